The summed E-state index contributed by atoms with van der Waals surface area (Å²) in [5, 5.41) is 6.00. The highest BCUT2D eigenvalue weighted by Gasteiger charge is 2.01. The lowest BCUT2D eigenvalue weighted by Crippen LogP contribution is -2.41. The molecule has 6 nitrogen and oxygen atoms in total. The molecule has 0 amide bonds. The second-order valence-electron chi connectivity index (χ2n) is 4.15. The molecular formula is C12H19FN4O2S. The molecule has 0 unspecified atom stereocenters. The van der Waals surface area contributed by atoms with Crippen LogP contribution in [0.5, 0.6) is 0 Å². The maximum absolute atomic E-state index is 12.7. The molecule has 0 radical (unpaired) electrons. The number of nitrogens with zero attached hydrogens (tertiary/aromatic N) is 1. The summed E-state index contributed by atoms with van der Waals surface area (Å²) >= 11 is 0. The lowest BCUT2D eigenvalue weighted by molar-refractivity contribution is 0.586. The van der Waals surface area contributed by atoms with Gasteiger partial charge < -0.3 is 10.6 Å². The Labute approximate surface area is 118 Å². The third-order valence-corrected chi connectivity index (χ3v) is 3.11. The molecule has 0 bridgehead atoms. The summed E-state index contributed by atoms with van der Waals surface area (Å²) < 4.78 is 36.8. The van der Waals surface area contributed by atoms with Gasteiger partial charge in [0.2, 0.25) is 10.0 Å². The molecule has 0 heterocycles. The first-order chi connectivity index (χ1) is 9.40. The predicted molar refractivity (Wildman–Crippen MR) is 77.4 cm³/mol. The molecule has 0 saturated carbocycles. The molecule has 0 atom stereocenters. The van der Waals surface area contributed by atoms with E-state index < -0.39 is 10.0 Å². The molecule has 1 rings (SSSR count). The second kappa shape index (κ2) is 7.81. The predicted octanol–water partition coefficient (Wildman–Crippen LogP) is 0.0399. The number of halogens is 1. The lowest BCUT2D eigenvalue weighted by Gasteiger charge is -2.12. The number of nitrogens with one attached hydrogen (secondary N) is 3. The van der Waals surface area contributed by atoms with E-state index in [1.165, 1.54) is 12.1 Å². The zero-order valence-electron chi connectivity index (χ0n) is 11.5. The smallest absolute Gasteiger partial charge is 0.208 e. The summed E-state index contributed by atoms with van der Waals surface area (Å²) in [7, 11) is -1.56. The van der Waals surface area contributed by atoms with E-state index in [4.69, 9.17) is 0 Å². The van der Waals surface area contributed by atoms with Crippen LogP contribution in [0.1, 0.15) is 5.56 Å². The molecule has 0 fully saturated rings. The van der Waals surface area contributed by atoms with Gasteiger partial charge in [0.05, 0.1) is 6.26 Å². The minimum Gasteiger partial charge on any atom is -0.355 e. The molecule has 0 aromatic heterocycles. The van der Waals surface area contributed by atoms with Crippen molar-refractivity contribution < 1.29 is 12.8 Å². The minimum atomic E-state index is -3.17. The fourth-order valence-corrected chi connectivity index (χ4v) is 1.90. The number of hydrogen-bond donors (Lipinski definition) is 3. The van der Waals surface area contributed by atoms with Gasteiger partial charge in [-0.2, -0.15) is 0 Å². The average molecular weight is 302 g/mol. The highest BCUT2D eigenvalue weighted by molar-refractivity contribution is 7.88. The molecule has 1 aromatic carbocycles. The normalized spacial score (nSPS) is 12.2. The van der Waals surface area contributed by atoms with E-state index in [2.05, 4.69) is 20.3 Å². The zero-order chi connectivity index (χ0) is 15.0. The maximum atomic E-state index is 12.7. The fourth-order valence-electron chi connectivity index (χ4n) is 1.43. The van der Waals surface area contributed by atoms with Crippen LogP contribution in [0.4, 0.5) is 4.39 Å². The van der Waals surface area contributed by atoms with Gasteiger partial charge in [-0.3, -0.25) is 4.99 Å². The van der Waals surface area contributed by atoms with Crippen molar-refractivity contribution in [3.63, 3.8) is 0 Å². The Morgan fingerprint density at radius 1 is 1.20 bits per heavy atom. The Kier molecular flexibility index (Phi) is 6.40. The summed E-state index contributed by atoms with van der Waals surface area (Å²) in [6, 6.07) is 6.15. The van der Waals surface area contributed by atoms with Crippen molar-refractivity contribution in [2.45, 2.75) is 6.54 Å². The van der Waals surface area contributed by atoms with Crippen molar-refractivity contribution in [2.75, 3.05) is 26.4 Å². The number of benzene rings is 1. The Balaban J connectivity index is 2.31. The van der Waals surface area contributed by atoms with Crippen molar-refractivity contribution in [1.29, 1.82) is 0 Å². The van der Waals surface area contributed by atoms with Gasteiger partial charge in [0, 0.05) is 26.7 Å². The number of guanidine groups is 1. The van der Waals surface area contributed by atoms with Crippen LogP contribution in [0.25, 0.3) is 0 Å². The molecular weight excluding hydrogens is 283 g/mol. The molecule has 0 aliphatic rings. The first kappa shape index (κ1) is 16.4. The van der Waals surface area contributed by atoms with Gasteiger partial charge >= 0.3 is 0 Å². The lowest BCUT2D eigenvalue weighted by atomic mass is 10.2. The molecule has 8 heteroatoms. The molecule has 20 heavy (non-hydrogen) atoms. The molecule has 1 aromatic rings. The molecule has 0 saturated heterocycles. The van der Waals surface area contributed by atoms with E-state index in [1.807, 2.05) is 0 Å². The van der Waals surface area contributed by atoms with Crippen LogP contribution >= 0.6 is 0 Å². The Bertz CT molecular complexity index is 543. The van der Waals surface area contributed by atoms with Gasteiger partial charge in [0.15, 0.2) is 5.96 Å². The van der Waals surface area contributed by atoms with Crippen molar-refractivity contribution in [1.82, 2.24) is 15.4 Å². The Hall–Kier alpha value is -1.67. The molecule has 0 aliphatic heterocycles. The summed E-state index contributed by atoms with van der Waals surface area (Å²) in [5.41, 5.74) is 0.920. The number of aliphatic imine (C=N–C) groups is 1. The highest BCUT2D eigenvalue weighted by Crippen LogP contribution is 2.01. The maximum Gasteiger partial charge on any atom is 0.208 e. The van der Waals surface area contributed by atoms with Crippen molar-refractivity contribution in [3.05, 3.63) is 35.6 Å². The van der Waals surface area contributed by atoms with Crippen LogP contribution in [0.15, 0.2) is 29.3 Å². The Morgan fingerprint density at radius 2 is 1.85 bits per heavy atom. The van der Waals surface area contributed by atoms with Gasteiger partial charge in [-0.15, -0.1) is 0 Å². The number of sulfonamides is 1. The Morgan fingerprint density at radius 3 is 2.40 bits per heavy atom. The van der Waals surface area contributed by atoms with Crippen LogP contribution in [0, 0.1) is 5.82 Å². The number of hydrogen-bond acceptors (Lipinski definition) is 3. The zero-order valence-corrected chi connectivity index (χ0v) is 12.3. The van der Waals surface area contributed by atoms with E-state index in [1.54, 1.807) is 19.2 Å². The second-order valence-corrected chi connectivity index (χ2v) is 5.98. The van der Waals surface area contributed by atoms with Gasteiger partial charge in [-0.1, -0.05) is 12.1 Å². The van der Waals surface area contributed by atoms with Gasteiger partial charge in [-0.05, 0) is 17.7 Å². The summed E-state index contributed by atoms with van der Waals surface area (Å²) in [6.07, 6.45) is 1.11. The van der Waals surface area contributed by atoms with E-state index >= 15 is 0 Å². The first-order valence-electron chi connectivity index (χ1n) is 6.04. The summed E-state index contributed by atoms with van der Waals surface area (Å²) in [5.74, 6) is 0.271. The van der Waals surface area contributed by atoms with Crippen LogP contribution < -0.4 is 15.4 Å². The quantitative estimate of drug-likeness (QED) is 0.394. The third kappa shape index (κ3) is 7.05. The van der Waals surface area contributed by atoms with Crippen LogP contribution in [0.3, 0.4) is 0 Å². The summed E-state index contributed by atoms with van der Waals surface area (Å²) in [6.45, 7) is 1.19. The largest absolute Gasteiger partial charge is 0.355 e. The molecule has 3 N–H and O–H groups in total. The van der Waals surface area contributed by atoms with Gasteiger partial charge in [0.25, 0.3) is 0 Å². The van der Waals surface area contributed by atoms with Gasteiger partial charge in [-0.25, -0.2) is 17.5 Å². The number of rotatable bonds is 6. The van der Waals surface area contributed by atoms with Crippen LogP contribution in [-0.2, 0) is 16.6 Å². The van der Waals surface area contributed by atoms with E-state index in [9.17, 15) is 12.8 Å². The molecule has 0 spiro atoms. The van der Waals surface area contributed by atoms with Crippen LogP contribution in [0.2, 0.25) is 0 Å². The topological polar surface area (TPSA) is 82.6 Å². The molecule has 112 valence electrons. The minimum absolute atomic E-state index is 0.274. The van der Waals surface area contributed by atoms with E-state index in [0.29, 0.717) is 19.0 Å². The van der Waals surface area contributed by atoms with Crippen molar-refractivity contribution >= 4 is 16.0 Å². The first-order valence-corrected chi connectivity index (χ1v) is 7.93. The third-order valence-electron chi connectivity index (χ3n) is 2.38. The standard InChI is InChI=1S/C12H19FN4O2S/c1-14-12(15-7-8-17-20(2,18)19)16-9-10-3-5-11(13)6-4-10/h3-6,17H,7-9H2,1-2H3,(H2,14,15,16). The van der Waals surface area contributed by atoms with Crippen molar-refractivity contribution in [3.8, 4) is 0 Å². The molecule has 0 aliphatic carbocycles. The summed E-state index contributed by atoms with van der Waals surface area (Å²) in [4.78, 5) is 4.00. The van der Waals surface area contributed by atoms with Crippen LogP contribution in [-0.4, -0.2) is 40.8 Å². The highest BCUT2D eigenvalue weighted by atomic mass is 32.2. The SMILES string of the molecule is CN=C(NCCNS(C)(=O)=O)NCc1ccc(F)cc1. The average Bonchev–Trinajstić information content (AvgIpc) is 2.39. The van der Waals surface area contributed by atoms with Crippen molar-refractivity contribution in [2.24, 2.45) is 4.99 Å². The fraction of sp³-hybridized carbons (Fsp3) is 0.417. The van der Waals surface area contributed by atoms with E-state index in [0.717, 1.165) is 11.8 Å². The monoisotopic (exact) mass is 302 g/mol. The van der Waals surface area contributed by atoms with Gasteiger partial charge in [0.1, 0.15) is 5.82 Å². The van der Waals surface area contributed by atoms with E-state index in [-0.39, 0.29) is 12.4 Å².